The van der Waals surface area contributed by atoms with Gasteiger partial charge < -0.3 is 33.8 Å². The predicted octanol–water partition coefficient (Wildman–Crippen LogP) is 20.9. The molecule has 92 heavy (non-hydrogen) atoms. The van der Waals surface area contributed by atoms with Crippen LogP contribution in [0.3, 0.4) is 0 Å². The van der Waals surface area contributed by atoms with Crippen molar-refractivity contribution in [2.75, 3.05) is 39.6 Å². The number of phosphoric acid groups is 2. The Morgan fingerprint density at radius 2 is 0.522 bits per heavy atom. The van der Waals surface area contributed by atoms with Crippen LogP contribution in [-0.2, 0) is 65.4 Å². The van der Waals surface area contributed by atoms with Crippen molar-refractivity contribution in [2.24, 2.45) is 23.7 Å². The molecule has 0 saturated heterocycles. The maximum atomic E-state index is 13.0. The number of esters is 4. The van der Waals surface area contributed by atoms with Gasteiger partial charge in [-0.05, 0) is 49.4 Å². The van der Waals surface area contributed by atoms with Gasteiger partial charge in [-0.2, -0.15) is 0 Å². The predicted molar refractivity (Wildman–Crippen MR) is 372 cm³/mol. The van der Waals surface area contributed by atoms with Crippen molar-refractivity contribution < 1.29 is 80.2 Å². The average molecular weight is 1350 g/mol. The number of hydrogen-bond acceptors (Lipinski definition) is 15. The minimum absolute atomic E-state index is 0.103. The van der Waals surface area contributed by atoms with Gasteiger partial charge in [0.1, 0.15) is 19.3 Å². The molecule has 546 valence electrons. The van der Waals surface area contributed by atoms with E-state index >= 15 is 0 Å². The van der Waals surface area contributed by atoms with Crippen molar-refractivity contribution >= 4 is 39.5 Å². The van der Waals surface area contributed by atoms with E-state index in [-0.39, 0.29) is 25.7 Å². The van der Waals surface area contributed by atoms with Gasteiger partial charge in [0.25, 0.3) is 0 Å². The summed E-state index contributed by atoms with van der Waals surface area (Å²) in [6.45, 7) is 14.1. The Bertz CT molecular complexity index is 1820. The van der Waals surface area contributed by atoms with E-state index < -0.39 is 97.5 Å². The van der Waals surface area contributed by atoms with Crippen LogP contribution in [0.15, 0.2) is 0 Å². The lowest BCUT2D eigenvalue weighted by molar-refractivity contribution is -0.161. The van der Waals surface area contributed by atoms with Crippen molar-refractivity contribution in [3.05, 3.63) is 0 Å². The molecule has 0 amide bonds. The fourth-order valence-electron chi connectivity index (χ4n) is 11.0. The fourth-order valence-corrected chi connectivity index (χ4v) is 12.5. The number of unbranched alkanes of at least 4 members (excludes halogenated alkanes) is 34. The van der Waals surface area contributed by atoms with Crippen molar-refractivity contribution in [1.82, 2.24) is 0 Å². The monoisotopic (exact) mass is 1350 g/mol. The number of ether oxygens (including phenoxy) is 4. The van der Waals surface area contributed by atoms with E-state index in [0.717, 1.165) is 108 Å². The Hall–Kier alpha value is -1.94. The number of hydrogen-bond donors (Lipinski definition) is 3. The molecular formula is C73H142O17P2. The second kappa shape index (κ2) is 62.6. The highest BCUT2D eigenvalue weighted by atomic mass is 31.2. The molecule has 0 bridgehead atoms. The molecule has 0 aliphatic carbocycles. The molecule has 19 heteroatoms. The number of carbonyl (C=O) groups is 4. The van der Waals surface area contributed by atoms with E-state index in [0.29, 0.717) is 37.5 Å². The van der Waals surface area contributed by atoms with Crippen LogP contribution >= 0.6 is 15.6 Å². The molecule has 0 aromatic heterocycles. The highest BCUT2D eigenvalue weighted by molar-refractivity contribution is 7.47. The summed E-state index contributed by atoms with van der Waals surface area (Å²) in [5.41, 5.74) is 0. The molecule has 0 aromatic carbocycles. The Labute approximate surface area is 562 Å². The first kappa shape index (κ1) is 90.1. The van der Waals surface area contributed by atoms with E-state index in [1.165, 1.54) is 161 Å². The molecule has 0 spiro atoms. The van der Waals surface area contributed by atoms with Crippen LogP contribution in [0.1, 0.15) is 364 Å². The largest absolute Gasteiger partial charge is 0.472 e. The number of phosphoric ester groups is 2. The fraction of sp³-hybridized carbons (Fsp3) is 0.945. The van der Waals surface area contributed by atoms with Crippen LogP contribution in [0.5, 0.6) is 0 Å². The Morgan fingerprint density at radius 1 is 0.304 bits per heavy atom. The summed E-state index contributed by atoms with van der Waals surface area (Å²) < 4.78 is 68.4. The van der Waals surface area contributed by atoms with Crippen molar-refractivity contribution in [3.8, 4) is 0 Å². The minimum atomic E-state index is -4.95. The number of carbonyl (C=O) groups excluding carboxylic acids is 4. The number of aliphatic hydroxyl groups is 1. The molecule has 0 fully saturated rings. The second-order valence-corrected chi connectivity index (χ2v) is 30.7. The summed E-state index contributed by atoms with van der Waals surface area (Å²) in [5.74, 6) is 0.928. The van der Waals surface area contributed by atoms with Crippen LogP contribution in [0.2, 0.25) is 0 Å². The maximum Gasteiger partial charge on any atom is 0.472 e. The van der Waals surface area contributed by atoms with Gasteiger partial charge >= 0.3 is 39.5 Å². The average Bonchev–Trinajstić information content (AvgIpc) is 3.11. The first-order valence-electron chi connectivity index (χ1n) is 37.8. The summed E-state index contributed by atoms with van der Waals surface area (Å²) >= 11 is 0. The third-order valence-corrected chi connectivity index (χ3v) is 19.4. The first-order chi connectivity index (χ1) is 44.2. The van der Waals surface area contributed by atoms with Crippen LogP contribution < -0.4 is 0 Å². The van der Waals surface area contributed by atoms with Crippen molar-refractivity contribution in [2.45, 2.75) is 382 Å². The Kier molecular flexibility index (Phi) is 61.3. The summed E-state index contributed by atoms with van der Waals surface area (Å²) in [6, 6.07) is 0. The maximum absolute atomic E-state index is 13.0. The zero-order valence-electron chi connectivity index (χ0n) is 60.2. The Balaban J connectivity index is 5.21. The van der Waals surface area contributed by atoms with Crippen molar-refractivity contribution in [3.63, 3.8) is 0 Å². The molecule has 0 saturated carbocycles. The van der Waals surface area contributed by atoms with E-state index in [9.17, 15) is 43.2 Å². The van der Waals surface area contributed by atoms with Gasteiger partial charge in [0.2, 0.25) is 0 Å². The minimum Gasteiger partial charge on any atom is -0.462 e. The lowest BCUT2D eigenvalue weighted by Crippen LogP contribution is -2.30. The second-order valence-electron chi connectivity index (χ2n) is 27.8. The van der Waals surface area contributed by atoms with Crippen LogP contribution in [-0.4, -0.2) is 96.7 Å². The lowest BCUT2D eigenvalue weighted by Gasteiger charge is -2.21. The van der Waals surface area contributed by atoms with Gasteiger partial charge in [0.05, 0.1) is 26.4 Å². The summed E-state index contributed by atoms with van der Waals surface area (Å²) in [5, 5.41) is 10.6. The van der Waals surface area contributed by atoms with Gasteiger partial charge in [-0.15, -0.1) is 0 Å². The molecule has 0 radical (unpaired) electrons. The summed E-state index contributed by atoms with van der Waals surface area (Å²) in [7, 11) is -9.91. The SMILES string of the molecule is CCC(C)CCCCCCCCCCCCCCCCC(=O)O[C@H](COC(=O)CCCCCCCCCC(C)C)COP(=O)(O)OCC(O)COP(=O)(O)OC[C@@H](COC(=O)CCCCCCCCCCCCC(C)CC)OC(=O)CCCCCCCCCC(C)C. The lowest BCUT2D eigenvalue weighted by atomic mass is 9.99. The summed E-state index contributed by atoms with van der Waals surface area (Å²) in [4.78, 5) is 72.6. The van der Waals surface area contributed by atoms with Crippen LogP contribution in [0, 0.1) is 23.7 Å². The zero-order chi connectivity index (χ0) is 68.2. The molecule has 5 unspecified atom stereocenters. The van der Waals surface area contributed by atoms with Crippen LogP contribution in [0.4, 0.5) is 0 Å². The third-order valence-electron chi connectivity index (χ3n) is 17.5. The third kappa shape index (κ3) is 64.1. The van der Waals surface area contributed by atoms with Crippen molar-refractivity contribution in [1.29, 1.82) is 0 Å². The number of aliphatic hydroxyl groups excluding tert-OH is 1. The molecule has 7 atom stereocenters. The molecular weight excluding hydrogens is 1210 g/mol. The molecule has 3 N–H and O–H groups in total. The van der Waals surface area contributed by atoms with E-state index in [1.54, 1.807) is 0 Å². The molecule has 17 nitrogen and oxygen atoms in total. The number of rotatable bonds is 70. The normalized spacial score (nSPS) is 14.8. The summed E-state index contributed by atoms with van der Waals surface area (Å²) in [6.07, 6.45) is 45.9. The zero-order valence-corrected chi connectivity index (χ0v) is 62.0. The van der Waals surface area contributed by atoms with E-state index in [2.05, 4.69) is 55.4 Å². The highest BCUT2D eigenvalue weighted by Crippen LogP contribution is 2.45. The molecule has 0 heterocycles. The quantitative estimate of drug-likeness (QED) is 0.0222. The topological polar surface area (TPSA) is 237 Å². The molecule has 0 rings (SSSR count). The highest BCUT2D eigenvalue weighted by Gasteiger charge is 2.30. The molecule has 0 aliphatic heterocycles. The van der Waals surface area contributed by atoms with Gasteiger partial charge in [0, 0.05) is 25.7 Å². The van der Waals surface area contributed by atoms with Gasteiger partial charge in [-0.1, -0.05) is 312 Å². The molecule has 0 aromatic rings. The van der Waals surface area contributed by atoms with Crippen LogP contribution in [0.25, 0.3) is 0 Å². The van der Waals surface area contributed by atoms with Gasteiger partial charge in [0.15, 0.2) is 12.2 Å². The first-order valence-corrected chi connectivity index (χ1v) is 40.8. The Morgan fingerprint density at radius 3 is 0.772 bits per heavy atom. The van der Waals surface area contributed by atoms with Gasteiger partial charge in [-0.25, -0.2) is 9.13 Å². The van der Waals surface area contributed by atoms with E-state index in [4.69, 9.17) is 37.0 Å². The van der Waals surface area contributed by atoms with Gasteiger partial charge in [-0.3, -0.25) is 37.3 Å². The van der Waals surface area contributed by atoms with E-state index in [1.807, 2.05) is 0 Å². The molecule has 0 aliphatic rings. The standard InChI is InChI=1S/C73H142O17P2/c1-9-65(7)51-43-35-27-19-15-13-11-12-14-16-22-30-39-47-55-72(77)89-68(60-84-71(76)54-46-38-31-23-25-33-41-49-63(3)4)61-87-91(79,80)85-57-67(74)58-86-92(81,82)88-62-69(90-73(78)56-48-40-32-24-26-34-42-50-64(5)6)59-83-70(75)53-45-37-29-21-18-17-20-28-36-44-52-66(8)10-2/h63-69,74H,9-62H2,1-8H3,(H,79,80)(H,81,82)/t65?,66?,67?,68-,69-/m1/s1. The smallest absolute Gasteiger partial charge is 0.462 e.